The minimum Gasteiger partial charge on any atom is -0.508 e. The number of phenols is 1. The summed E-state index contributed by atoms with van der Waals surface area (Å²) in [7, 11) is 4.10. The topological polar surface area (TPSA) is 35.5 Å². The first-order chi connectivity index (χ1) is 6.70. The minimum atomic E-state index is 0.326. The van der Waals surface area contributed by atoms with Crippen LogP contribution in [-0.2, 0) is 0 Å². The third kappa shape index (κ3) is 1.44. The fraction of sp³-hybridized carbons (Fsp3) is 0.455. The molecule has 1 aromatic rings. The highest BCUT2D eigenvalue weighted by Crippen LogP contribution is 2.38. The highest BCUT2D eigenvalue weighted by molar-refractivity contribution is 5.60. The molecule has 1 atom stereocenters. The molecule has 1 aromatic carbocycles. The van der Waals surface area contributed by atoms with Crippen LogP contribution >= 0.6 is 0 Å². The molecule has 2 rings (SSSR count). The molecule has 1 unspecified atom stereocenters. The Labute approximate surface area is 84.4 Å². The SMILES string of the molecule is CN(C)C1CCNc2cccc(O)c21. The third-order valence-corrected chi connectivity index (χ3v) is 2.77. The van der Waals surface area contributed by atoms with Gasteiger partial charge in [-0.1, -0.05) is 6.07 Å². The number of phenolic OH excluding ortho intramolecular Hbond substituents is 1. The molecule has 0 saturated heterocycles. The molecule has 1 aliphatic heterocycles. The van der Waals surface area contributed by atoms with Gasteiger partial charge in [0.15, 0.2) is 0 Å². The Morgan fingerprint density at radius 1 is 1.43 bits per heavy atom. The number of rotatable bonds is 1. The molecule has 0 spiro atoms. The number of anilines is 1. The van der Waals surface area contributed by atoms with E-state index in [1.807, 2.05) is 26.2 Å². The second-order valence-corrected chi connectivity index (χ2v) is 3.93. The second-order valence-electron chi connectivity index (χ2n) is 3.93. The Bertz CT molecular complexity index is 336. The molecular formula is C11H16N2O. The monoisotopic (exact) mass is 192 g/mol. The van der Waals surface area contributed by atoms with E-state index in [2.05, 4.69) is 10.2 Å². The molecule has 0 saturated carbocycles. The molecule has 2 N–H and O–H groups in total. The van der Waals surface area contributed by atoms with Gasteiger partial charge in [-0.25, -0.2) is 0 Å². The fourth-order valence-electron chi connectivity index (χ4n) is 2.06. The summed E-state index contributed by atoms with van der Waals surface area (Å²) in [6.07, 6.45) is 1.04. The van der Waals surface area contributed by atoms with Gasteiger partial charge in [-0.3, -0.25) is 0 Å². The Morgan fingerprint density at radius 2 is 2.21 bits per heavy atom. The number of fused-ring (bicyclic) bond motifs is 1. The molecule has 0 fully saturated rings. The first-order valence-corrected chi connectivity index (χ1v) is 4.92. The lowest BCUT2D eigenvalue weighted by Crippen LogP contribution is -2.27. The van der Waals surface area contributed by atoms with Crippen LogP contribution in [-0.4, -0.2) is 30.6 Å². The van der Waals surface area contributed by atoms with E-state index in [0.29, 0.717) is 11.8 Å². The molecule has 14 heavy (non-hydrogen) atoms. The van der Waals surface area contributed by atoms with Crippen molar-refractivity contribution >= 4 is 5.69 Å². The Morgan fingerprint density at radius 3 is 2.93 bits per heavy atom. The smallest absolute Gasteiger partial charge is 0.122 e. The standard InChI is InChI=1S/C11H16N2O/c1-13(2)9-6-7-12-8-4-3-5-10(14)11(8)9/h3-5,9,12,14H,6-7H2,1-2H3. The molecule has 0 radical (unpaired) electrons. The summed E-state index contributed by atoms with van der Waals surface area (Å²) in [6.45, 7) is 0.972. The summed E-state index contributed by atoms with van der Waals surface area (Å²) < 4.78 is 0. The number of aromatic hydroxyl groups is 1. The first kappa shape index (κ1) is 9.34. The number of nitrogens with one attached hydrogen (secondary N) is 1. The number of hydrogen-bond acceptors (Lipinski definition) is 3. The summed E-state index contributed by atoms with van der Waals surface area (Å²) in [6, 6.07) is 5.97. The molecule has 0 amide bonds. The van der Waals surface area contributed by atoms with Crippen molar-refractivity contribution in [3.8, 4) is 5.75 Å². The predicted octanol–water partition coefficient (Wildman–Crippen LogP) is 1.81. The maximum atomic E-state index is 9.81. The lowest BCUT2D eigenvalue weighted by molar-refractivity contribution is 0.277. The summed E-state index contributed by atoms with van der Waals surface area (Å²) >= 11 is 0. The highest BCUT2D eigenvalue weighted by Gasteiger charge is 2.24. The van der Waals surface area contributed by atoms with E-state index >= 15 is 0 Å². The van der Waals surface area contributed by atoms with Gasteiger partial charge in [-0.2, -0.15) is 0 Å². The second kappa shape index (κ2) is 3.50. The molecule has 0 aliphatic carbocycles. The van der Waals surface area contributed by atoms with E-state index in [4.69, 9.17) is 0 Å². The molecule has 1 heterocycles. The number of nitrogens with zero attached hydrogens (tertiary/aromatic N) is 1. The van der Waals surface area contributed by atoms with E-state index in [-0.39, 0.29) is 0 Å². The largest absolute Gasteiger partial charge is 0.508 e. The van der Waals surface area contributed by atoms with Crippen LogP contribution in [0.2, 0.25) is 0 Å². The van der Waals surface area contributed by atoms with Crippen molar-refractivity contribution in [1.82, 2.24) is 4.90 Å². The molecule has 1 aliphatic rings. The molecule has 76 valence electrons. The zero-order valence-corrected chi connectivity index (χ0v) is 8.62. The van der Waals surface area contributed by atoms with Crippen molar-refractivity contribution in [2.45, 2.75) is 12.5 Å². The predicted molar refractivity (Wildman–Crippen MR) is 57.6 cm³/mol. The number of benzene rings is 1. The number of hydrogen-bond donors (Lipinski definition) is 2. The minimum absolute atomic E-state index is 0.326. The lowest BCUT2D eigenvalue weighted by atomic mass is 9.96. The van der Waals surface area contributed by atoms with Crippen LogP contribution in [0.25, 0.3) is 0 Å². The quantitative estimate of drug-likeness (QED) is 0.712. The maximum Gasteiger partial charge on any atom is 0.122 e. The molecule has 3 heteroatoms. The van der Waals surface area contributed by atoms with Crippen molar-refractivity contribution in [2.75, 3.05) is 26.0 Å². The molecule has 0 bridgehead atoms. The van der Waals surface area contributed by atoms with Gasteiger partial charge >= 0.3 is 0 Å². The Balaban J connectivity index is 2.47. The average molecular weight is 192 g/mol. The van der Waals surface area contributed by atoms with Gasteiger partial charge in [0.25, 0.3) is 0 Å². The van der Waals surface area contributed by atoms with Crippen molar-refractivity contribution in [3.05, 3.63) is 23.8 Å². The summed E-state index contributed by atoms with van der Waals surface area (Å²) in [5.74, 6) is 0.397. The summed E-state index contributed by atoms with van der Waals surface area (Å²) in [5.41, 5.74) is 2.10. The Kier molecular flexibility index (Phi) is 2.33. The van der Waals surface area contributed by atoms with Crippen molar-refractivity contribution < 1.29 is 5.11 Å². The molecule has 3 nitrogen and oxygen atoms in total. The normalized spacial score (nSPS) is 20.4. The third-order valence-electron chi connectivity index (χ3n) is 2.77. The Hall–Kier alpha value is -1.22. The first-order valence-electron chi connectivity index (χ1n) is 4.92. The van der Waals surface area contributed by atoms with Gasteiger partial charge in [0.05, 0.1) is 0 Å². The highest BCUT2D eigenvalue weighted by atomic mass is 16.3. The summed E-state index contributed by atoms with van der Waals surface area (Å²) in [4.78, 5) is 2.15. The molecular weight excluding hydrogens is 176 g/mol. The van der Waals surface area contributed by atoms with Gasteiger partial charge in [0.2, 0.25) is 0 Å². The van der Waals surface area contributed by atoms with Gasteiger partial charge in [0, 0.05) is 23.8 Å². The van der Waals surface area contributed by atoms with Crippen molar-refractivity contribution in [2.24, 2.45) is 0 Å². The van der Waals surface area contributed by atoms with Crippen molar-refractivity contribution in [1.29, 1.82) is 0 Å². The zero-order chi connectivity index (χ0) is 10.1. The van der Waals surface area contributed by atoms with E-state index in [1.165, 1.54) is 0 Å². The fourth-order valence-corrected chi connectivity index (χ4v) is 2.06. The van der Waals surface area contributed by atoms with Gasteiger partial charge in [-0.15, -0.1) is 0 Å². The maximum absolute atomic E-state index is 9.81. The van der Waals surface area contributed by atoms with E-state index in [9.17, 15) is 5.11 Å². The zero-order valence-electron chi connectivity index (χ0n) is 8.62. The van der Waals surface area contributed by atoms with Crippen LogP contribution in [0, 0.1) is 0 Å². The lowest BCUT2D eigenvalue weighted by Gasteiger charge is -2.31. The van der Waals surface area contributed by atoms with Gasteiger partial charge in [0.1, 0.15) is 5.75 Å². The van der Waals surface area contributed by atoms with Crippen LogP contribution in [0.5, 0.6) is 5.75 Å². The van der Waals surface area contributed by atoms with E-state index < -0.39 is 0 Å². The van der Waals surface area contributed by atoms with Gasteiger partial charge < -0.3 is 15.3 Å². The van der Waals surface area contributed by atoms with E-state index in [0.717, 1.165) is 24.2 Å². The van der Waals surface area contributed by atoms with Crippen LogP contribution < -0.4 is 5.32 Å². The molecule has 0 aromatic heterocycles. The van der Waals surface area contributed by atoms with Crippen molar-refractivity contribution in [3.63, 3.8) is 0 Å². The van der Waals surface area contributed by atoms with Crippen LogP contribution in [0.1, 0.15) is 18.0 Å². The van der Waals surface area contributed by atoms with E-state index in [1.54, 1.807) is 6.07 Å². The van der Waals surface area contributed by atoms with Crippen LogP contribution in [0.3, 0.4) is 0 Å². The van der Waals surface area contributed by atoms with Crippen LogP contribution in [0.4, 0.5) is 5.69 Å². The summed E-state index contributed by atoms with van der Waals surface area (Å²) in [5, 5.41) is 13.1. The van der Waals surface area contributed by atoms with Crippen LogP contribution in [0.15, 0.2) is 18.2 Å². The average Bonchev–Trinajstić information content (AvgIpc) is 2.17. The van der Waals surface area contributed by atoms with Gasteiger partial charge in [-0.05, 0) is 32.6 Å².